The van der Waals surface area contributed by atoms with E-state index in [1.807, 2.05) is 19.6 Å². The highest BCUT2D eigenvalue weighted by Crippen LogP contribution is 2.34. The maximum atomic E-state index is 12.1. The number of carbonyl (C=O) groups is 1. The highest BCUT2D eigenvalue weighted by Gasteiger charge is 2.32. The number of amides is 1. The van der Waals surface area contributed by atoms with Gasteiger partial charge in [0, 0.05) is 26.0 Å². The van der Waals surface area contributed by atoms with Gasteiger partial charge in [-0.2, -0.15) is 0 Å². The van der Waals surface area contributed by atoms with Gasteiger partial charge in [-0.25, -0.2) is 4.98 Å². The average Bonchev–Trinajstić information content (AvgIpc) is 3.04. The van der Waals surface area contributed by atoms with E-state index in [1.165, 1.54) is 5.69 Å². The number of imidazole rings is 1. The van der Waals surface area contributed by atoms with Crippen LogP contribution in [0.25, 0.3) is 0 Å². The third kappa shape index (κ3) is 4.36. The van der Waals surface area contributed by atoms with Crippen LogP contribution >= 0.6 is 0 Å². The van der Waals surface area contributed by atoms with Gasteiger partial charge in [0.15, 0.2) is 6.61 Å². The first kappa shape index (κ1) is 17.4. The molecule has 1 saturated heterocycles. The first-order chi connectivity index (χ1) is 12.1. The second kappa shape index (κ2) is 8.11. The fraction of sp³-hybridized carbons (Fsp3) is 0.500. The van der Waals surface area contributed by atoms with E-state index in [2.05, 4.69) is 31.8 Å². The van der Waals surface area contributed by atoms with Crippen LogP contribution in [-0.2, 0) is 11.8 Å². The summed E-state index contributed by atoms with van der Waals surface area (Å²) in [5.41, 5.74) is 1.19. The third-order valence-corrected chi connectivity index (χ3v) is 4.73. The normalized spacial score (nSPS) is 21.0. The van der Waals surface area contributed by atoms with E-state index in [-0.39, 0.29) is 18.6 Å². The minimum Gasteiger partial charge on any atom is -0.482 e. The van der Waals surface area contributed by atoms with Crippen LogP contribution in [0.1, 0.15) is 24.6 Å². The van der Waals surface area contributed by atoms with Crippen LogP contribution in [0.2, 0.25) is 0 Å². The molecule has 1 fully saturated rings. The summed E-state index contributed by atoms with van der Waals surface area (Å²) in [5.74, 6) is 0.847. The van der Waals surface area contributed by atoms with Gasteiger partial charge in [0.1, 0.15) is 5.75 Å². The average molecular weight is 343 g/mol. The smallest absolute Gasteiger partial charge is 0.257 e. The summed E-state index contributed by atoms with van der Waals surface area (Å²) in [5, 5.41) is 3.01. The van der Waals surface area contributed by atoms with E-state index in [0.717, 1.165) is 19.4 Å². The molecule has 2 aromatic rings. The molecule has 1 N–H and O–H groups in total. The summed E-state index contributed by atoms with van der Waals surface area (Å²) in [4.78, 5) is 22.7. The fourth-order valence-corrected chi connectivity index (χ4v) is 3.47. The van der Waals surface area contributed by atoms with Gasteiger partial charge in [0.05, 0.1) is 24.3 Å². The first-order valence-corrected chi connectivity index (χ1v) is 8.61. The number of piperidine rings is 1. The van der Waals surface area contributed by atoms with Crippen LogP contribution in [-0.4, -0.2) is 52.1 Å². The Morgan fingerprint density at radius 1 is 1.36 bits per heavy atom. The SMILES string of the molecule is CN1CCC[C@@H](CNC(=O)COc2cccnc2)[C@@H]1c1cncn1C. The lowest BCUT2D eigenvalue weighted by atomic mass is 9.87. The van der Waals surface area contributed by atoms with Crippen molar-refractivity contribution >= 4 is 5.91 Å². The molecule has 7 nitrogen and oxygen atoms in total. The lowest BCUT2D eigenvalue weighted by molar-refractivity contribution is -0.123. The highest BCUT2D eigenvalue weighted by atomic mass is 16.5. The molecule has 0 radical (unpaired) electrons. The number of nitrogens with zero attached hydrogens (tertiary/aromatic N) is 4. The maximum absolute atomic E-state index is 12.1. The summed E-state index contributed by atoms with van der Waals surface area (Å²) in [6.45, 7) is 1.70. The Labute approximate surface area is 148 Å². The van der Waals surface area contributed by atoms with Crippen molar-refractivity contribution in [3.05, 3.63) is 42.7 Å². The third-order valence-electron chi connectivity index (χ3n) is 4.73. The monoisotopic (exact) mass is 343 g/mol. The zero-order valence-electron chi connectivity index (χ0n) is 14.8. The standard InChI is InChI=1S/C18H25N5O2/c1-22-8-4-5-14(18(22)16-11-20-13-23(16)2)9-21-17(24)12-25-15-6-3-7-19-10-15/h3,6-7,10-11,13-14,18H,4-5,8-9,12H2,1-2H3,(H,21,24)/t14-,18+/m0/s1. The van der Waals surface area contributed by atoms with E-state index in [1.54, 1.807) is 24.5 Å². The van der Waals surface area contributed by atoms with Crippen molar-refractivity contribution in [2.24, 2.45) is 13.0 Å². The molecule has 1 amide bonds. The van der Waals surface area contributed by atoms with Crippen LogP contribution in [0.15, 0.2) is 37.1 Å². The Hall–Kier alpha value is -2.41. The molecule has 1 aliphatic rings. The molecular weight excluding hydrogens is 318 g/mol. The van der Waals surface area contributed by atoms with Gasteiger partial charge in [0.25, 0.3) is 5.91 Å². The van der Waals surface area contributed by atoms with Crippen LogP contribution in [0.4, 0.5) is 0 Å². The molecule has 0 unspecified atom stereocenters. The van der Waals surface area contributed by atoms with Gasteiger partial charge >= 0.3 is 0 Å². The number of hydrogen-bond donors (Lipinski definition) is 1. The van der Waals surface area contributed by atoms with Gasteiger partial charge in [0.2, 0.25) is 0 Å². The Kier molecular flexibility index (Phi) is 5.65. The molecule has 2 aromatic heterocycles. The number of pyridine rings is 1. The number of aryl methyl sites for hydroxylation is 1. The zero-order valence-corrected chi connectivity index (χ0v) is 14.8. The van der Waals surface area contributed by atoms with E-state index >= 15 is 0 Å². The van der Waals surface area contributed by atoms with Crippen molar-refractivity contribution in [2.75, 3.05) is 26.7 Å². The number of carbonyl (C=O) groups excluding carboxylic acids is 1. The van der Waals surface area contributed by atoms with Crippen molar-refractivity contribution < 1.29 is 9.53 Å². The van der Waals surface area contributed by atoms with Crippen molar-refractivity contribution in [2.45, 2.75) is 18.9 Å². The summed E-state index contributed by atoms with van der Waals surface area (Å²) in [6.07, 6.45) is 9.25. The van der Waals surface area contributed by atoms with Gasteiger partial charge in [-0.1, -0.05) is 0 Å². The molecule has 7 heteroatoms. The topological polar surface area (TPSA) is 72.3 Å². The van der Waals surface area contributed by atoms with Gasteiger partial charge in [-0.3, -0.25) is 14.7 Å². The molecule has 0 bridgehead atoms. The Morgan fingerprint density at radius 3 is 2.96 bits per heavy atom. The Bertz CT molecular complexity index is 688. The van der Waals surface area contributed by atoms with Crippen molar-refractivity contribution in [1.29, 1.82) is 0 Å². The number of likely N-dealkylation sites (tertiary alicyclic amines) is 1. The molecule has 0 aliphatic carbocycles. The largest absolute Gasteiger partial charge is 0.482 e. The van der Waals surface area contributed by atoms with Gasteiger partial charge in [-0.15, -0.1) is 0 Å². The summed E-state index contributed by atoms with van der Waals surface area (Å²) in [7, 11) is 4.15. The molecule has 0 aromatic carbocycles. The molecule has 1 aliphatic heterocycles. The predicted octanol–water partition coefficient (Wildman–Crippen LogP) is 1.39. The maximum Gasteiger partial charge on any atom is 0.257 e. The molecule has 0 saturated carbocycles. The predicted molar refractivity (Wildman–Crippen MR) is 94.0 cm³/mol. The summed E-state index contributed by atoms with van der Waals surface area (Å²) in [6, 6.07) is 3.83. The highest BCUT2D eigenvalue weighted by molar-refractivity contribution is 5.77. The van der Waals surface area contributed by atoms with E-state index in [9.17, 15) is 4.79 Å². The van der Waals surface area contributed by atoms with E-state index in [0.29, 0.717) is 18.2 Å². The molecule has 3 heterocycles. The number of aromatic nitrogens is 3. The number of rotatable bonds is 6. The first-order valence-electron chi connectivity index (χ1n) is 8.61. The van der Waals surface area contributed by atoms with Crippen LogP contribution in [0.5, 0.6) is 5.75 Å². The second-order valence-corrected chi connectivity index (χ2v) is 6.54. The van der Waals surface area contributed by atoms with Crippen molar-refractivity contribution in [3.63, 3.8) is 0 Å². The Balaban J connectivity index is 1.55. The quantitative estimate of drug-likeness (QED) is 0.858. The zero-order chi connectivity index (χ0) is 17.6. The van der Waals surface area contributed by atoms with Crippen LogP contribution in [0.3, 0.4) is 0 Å². The second-order valence-electron chi connectivity index (χ2n) is 6.54. The summed E-state index contributed by atoms with van der Waals surface area (Å²) >= 11 is 0. The van der Waals surface area contributed by atoms with Gasteiger partial charge in [-0.05, 0) is 44.5 Å². The minimum atomic E-state index is -0.110. The molecule has 2 atom stereocenters. The van der Waals surface area contributed by atoms with Crippen molar-refractivity contribution in [3.8, 4) is 5.75 Å². The molecule has 3 rings (SSSR count). The Morgan fingerprint density at radius 2 is 2.24 bits per heavy atom. The van der Waals surface area contributed by atoms with E-state index < -0.39 is 0 Å². The molecule has 134 valence electrons. The number of ether oxygens (including phenoxy) is 1. The lowest BCUT2D eigenvalue weighted by Crippen LogP contribution is -2.43. The number of hydrogen-bond acceptors (Lipinski definition) is 5. The number of nitrogens with one attached hydrogen (secondary N) is 1. The summed E-state index contributed by atoms with van der Waals surface area (Å²) < 4.78 is 7.51. The van der Waals surface area contributed by atoms with Crippen LogP contribution in [0, 0.1) is 5.92 Å². The van der Waals surface area contributed by atoms with Gasteiger partial charge < -0.3 is 14.6 Å². The fourth-order valence-electron chi connectivity index (χ4n) is 3.47. The molecule has 25 heavy (non-hydrogen) atoms. The molecule has 0 spiro atoms. The van der Waals surface area contributed by atoms with Crippen molar-refractivity contribution in [1.82, 2.24) is 24.8 Å². The van der Waals surface area contributed by atoms with E-state index in [4.69, 9.17) is 4.74 Å². The lowest BCUT2D eigenvalue weighted by Gasteiger charge is -2.39. The van der Waals surface area contributed by atoms with Crippen LogP contribution < -0.4 is 10.1 Å². The minimum absolute atomic E-state index is 0.00459. The molecular formula is C18H25N5O2.